The maximum Gasteiger partial charge on any atom is 0.338 e. The van der Waals surface area contributed by atoms with Gasteiger partial charge in [-0.1, -0.05) is 0 Å². The van der Waals surface area contributed by atoms with Crippen molar-refractivity contribution >= 4 is 16.9 Å². The fraction of sp³-hybridized carbons (Fsp3) is 0.360. The minimum absolute atomic E-state index is 0.0118. The van der Waals surface area contributed by atoms with Crippen LogP contribution in [0.3, 0.4) is 0 Å². The molecule has 1 saturated heterocycles. The number of methoxy groups -OCH3 is 2. The third-order valence-electron chi connectivity index (χ3n) is 6.13. The summed E-state index contributed by atoms with van der Waals surface area (Å²) in [6.45, 7) is 2.70. The van der Waals surface area contributed by atoms with E-state index in [1.807, 2.05) is 11.9 Å². The molecule has 0 unspecified atom stereocenters. The van der Waals surface area contributed by atoms with Gasteiger partial charge < -0.3 is 33.7 Å². The number of ether oxygens (including phenoxy) is 3. The van der Waals surface area contributed by atoms with Crippen molar-refractivity contribution in [2.75, 3.05) is 34.4 Å². The number of phenols is 2. The van der Waals surface area contributed by atoms with Gasteiger partial charge >= 0.3 is 5.97 Å². The van der Waals surface area contributed by atoms with Crippen LogP contribution in [0.2, 0.25) is 0 Å². The average molecular weight is 469 g/mol. The van der Waals surface area contributed by atoms with Gasteiger partial charge in [0.25, 0.3) is 0 Å². The summed E-state index contributed by atoms with van der Waals surface area (Å²) in [7, 11) is 4.90. The highest BCUT2D eigenvalue weighted by Crippen LogP contribution is 2.42. The lowest BCUT2D eigenvalue weighted by atomic mass is 9.85. The zero-order chi connectivity index (χ0) is 24.6. The Kier molecular flexibility index (Phi) is 6.39. The number of rotatable bonds is 5. The van der Waals surface area contributed by atoms with Crippen LogP contribution in [0.5, 0.6) is 23.0 Å². The molecule has 2 N–H and O–H groups in total. The van der Waals surface area contributed by atoms with Crippen molar-refractivity contribution < 1.29 is 33.6 Å². The SMILES string of the molecule is COc1ccc(C(=O)O[C@@H]2CN(C)CC[C@@H]2c2c(O)cc(O)c3c(=O)cc(C)oc23)cc1OC. The number of likely N-dealkylation sites (tertiary alicyclic amines) is 1. The number of aryl methyl sites for hydroxylation is 1. The number of hydrogen-bond acceptors (Lipinski definition) is 9. The summed E-state index contributed by atoms with van der Waals surface area (Å²) >= 11 is 0. The summed E-state index contributed by atoms with van der Waals surface area (Å²) in [6.07, 6.45) is -0.116. The molecule has 9 heteroatoms. The van der Waals surface area contributed by atoms with Crippen LogP contribution in [0.25, 0.3) is 11.0 Å². The van der Waals surface area contributed by atoms with E-state index in [4.69, 9.17) is 18.6 Å². The van der Waals surface area contributed by atoms with Crippen LogP contribution in [0.15, 0.2) is 39.5 Å². The number of carbonyl (C=O) groups excluding carboxylic acids is 1. The zero-order valence-corrected chi connectivity index (χ0v) is 19.5. The van der Waals surface area contributed by atoms with Crippen LogP contribution in [0.4, 0.5) is 0 Å². The van der Waals surface area contributed by atoms with Gasteiger partial charge in [0.1, 0.15) is 34.3 Å². The number of esters is 1. The van der Waals surface area contributed by atoms with E-state index < -0.39 is 23.4 Å². The molecule has 0 aliphatic carbocycles. The Morgan fingerprint density at radius 2 is 1.82 bits per heavy atom. The lowest BCUT2D eigenvalue weighted by molar-refractivity contribution is 0.00192. The van der Waals surface area contributed by atoms with E-state index in [1.165, 1.54) is 20.3 Å². The smallest absolute Gasteiger partial charge is 0.338 e. The second-order valence-corrected chi connectivity index (χ2v) is 8.42. The molecular weight excluding hydrogens is 442 g/mol. The molecule has 1 aliphatic rings. The van der Waals surface area contributed by atoms with Gasteiger partial charge in [-0.25, -0.2) is 4.79 Å². The molecule has 0 spiro atoms. The first-order valence-electron chi connectivity index (χ1n) is 10.8. The van der Waals surface area contributed by atoms with Gasteiger partial charge in [0.2, 0.25) is 0 Å². The molecule has 0 bridgehead atoms. The molecule has 0 radical (unpaired) electrons. The predicted octanol–water partition coefficient (Wildman–Crippen LogP) is 3.17. The molecule has 0 amide bonds. The average Bonchev–Trinajstić information content (AvgIpc) is 2.79. The quantitative estimate of drug-likeness (QED) is 0.543. The molecule has 180 valence electrons. The summed E-state index contributed by atoms with van der Waals surface area (Å²) < 4.78 is 22.2. The number of aromatic hydroxyl groups is 2. The highest BCUT2D eigenvalue weighted by Gasteiger charge is 2.36. The lowest BCUT2D eigenvalue weighted by Gasteiger charge is -2.36. The molecule has 1 fully saturated rings. The molecule has 2 heterocycles. The summed E-state index contributed by atoms with van der Waals surface area (Å²) in [6, 6.07) is 7.16. The van der Waals surface area contributed by atoms with Gasteiger partial charge in [-0.3, -0.25) is 4.79 Å². The summed E-state index contributed by atoms with van der Waals surface area (Å²) in [5, 5.41) is 21.1. The molecule has 3 aromatic rings. The van der Waals surface area contributed by atoms with Crippen LogP contribution >= 0.6 is 0 Å². The molecule has 0 saturated carbocycles. The molecule has 1 aromatic heterocycles. The van der Waals surface area contributed by atoms with Crippen molar-refractivity contribution in [3.05, 3.63) is 57.4 Å². The van der Waals surface area contributed by atoms with Crippen LogP contribution in [-0.4, -0.2) is 61.5 Å². The number of fused-ring (bicyclic) bond motifs is 1. The van der Waals surface area contributed by atoms with E-state index in [-0.39, 0.29) is 28.0 Å². The van der Waals surface area contributed by atoms with E-state index in [9.17, 15) is 19.8 Å². The van der Waals surface area contributed by atoms with Crippen molar-refractivity contribution in [2.24, 2.45) is 0 Å². The van der Waals surface area contributed by atoms with Crippen LogP contribution in [0.1, 0.15) is 34.0 Å². The normalized spacial score (nSPS) is 18.6. The van der Waals surface area contributed by atoms with Gasteiger partial charge in [-0.05, 0) is 45.1 Å². The Hall–Kier alpha value is -3.72. The standard InChI is InChI=1S/C25H27NO8/c1-13-9-16(27)23-18(29)11-17(28)22(24(23)33-13)15-7-8-26(2)12-21(15)34-25(30)14-5-6-19(31-3)20(10-14)32-4/h5-6,9-11,15,21,28-29H,7-8,12H2,1-4H3/t15-,21+/m0/s1. The molecule has 2 aromatic carbocycles. The minimum Gasteiger partial charge on any atom is -0.507 e. The van der Waals surface area contributed by atoms with Crippen molar-refractivity contribution in [1.82, 2.24) is 4.90 Å². The summed E-state index contributed by atoms with van der Waals surface area (Å²) in [4.78, 5) is 27.6. The van der Waals surface area contributed by atoms with Gasteiger partial charge in [0.15, 0.2) is 16.9 Å². The Morgan fingerprint density at radius 3 is 2.53 bits per heavy atom. The number of benzene rings is 2. The van der Waals surface area contributed by atoms with E-state index >= 15 is 0 Å². The summed E-state index contributed by atoms with van der Waals surface area (Å²) in [5.74, 6) is -0.387. The Bertz CT molecular complexity index is 1300. The van der Waals surface area contributed by atoms with E-state index in [1.54, 1.807) is 25.1 Å². The van der Waals surface area contributed by atoms with Crippen molar-refractivity contribution in [3.63, 3.8) is 0 Å². The Balaban J connectivity index is 1.75. The van der Waals surface area contributed by atoms with Gasteiger partial charge in [0, 0.05) is 30.2 Å². The Morgan fingerprint density at radius 1 is 1.09 bits per heavy atom. The fourth-order valence-corrected chi connectivity index (χ4v) is 4.49. The number of nitrogens with zero attached hydrogens (tertiary/aromatic N) is 1. The van der Waals surface area contributed by atoms with Crippen LogP contribution in [0, 0.1) is 6.92 Å². The first kappa shape index (κ1) is 23.4. The monoisotopic (exact) mass is 469 g/mol. The molecule has 1 aliphatic heterocycles. The second kappa shape index (κ2) is 9.26. The first-order valence-corrected chi connectivity index (χ1v) is 10.8. The van der Waals surface area contributed by atoms with E-state index in [2.05, 4.69) is 0 Å². The van der Waals surface area contributed by atoms with Gasteiger partial charge in [0.05, 0.1) is 19.8 Å². The topological polar surface area (TPSA) is 119 Å². The maximum absolute atomic E-state index is 13.1. The number of carbonyl (C=O) groups is 1. The third-order valence-corrected chi connectivity index (χ3v) is 6.13. The molecular formula is C25H27NO8. The maximum atomic E-state index is 13.1. The van der Waals surface area contributed by atoms with Crippen molar-refractivity contribution in [1.29, 1.82) is 0 Å². The van der Waals surface area contributed by atoms with Crippen molar-refractivity contribution in [3.8, 4) is 23.0 Å². The largest absolute Gasteiger partial charge is 0.507 e. The number of piperidine rings is 1. The molecule has 34 heavy (non-hydrogen) atoms. The lowest BCUT2D eigenvalue weighted by Crippen LogP contribution is -2.43. The predicted molar refractivity (Wildman–Crippen MR) is 124 cm³/mol. The second-order valence-electron chi connectivity index (χ2n) is 8.42. The number of phenolic OH excluding ortho intramolecular Hbond substituents is 2. The molecule has 2 atom stereocenters. The van der Waals surface area contributed by atoms with Crippen molar-refractivity contribution in [2.45, 2.75) is 25.4 Å². The van der Waals surface area contributed by atoms with E-state index in [0.717, 1.165) is 6.07 Å². The minimum atomic E-state index is -0.649. The van der Waals surface area contributed by atoms with Crippen LogP contribution < -0.4 is 14.9 Å². The highest BCUT2D eigenvalue weighted by atomic mass is 16.5. The zero-order valence-electron chi connectivity index (χ0n) is 19.5. The fourth-order valence-electron chi connectivity index (χ4n) is 4.49. The van der Waals surface area contributed by atoms with E-state index in [0.29, 0.717) is 42.3 Å². The number of likely N-dealkylation sites (N-methyl/N-ethyl adjacent to an activating group) is 1. The highest BCUT2D eigenvalue weighted by molar-refractivity contribution is 5.91. The molecule has 4 rings (SSSR count). The van der Waals surface area contributed by atoms with Crippen LogP contribution in [-0.2, 0) is 4.74 Å². The summed E-state index contributed by atoms with van der Waals surface area (Å²) in [5.41, 5.74) is 0.312. The van der Waals surface area contributed by atoms with Gasteiger partial charge in [-0.2, -0.15) is 0 Å². The van der Waals surface area contributed by atoms with Gasteiger partial charge in [-0.15, -0.1) is 0 Å². The number of hydrogen-bond donors (Lipinski definition) is 2. The first-order chi connectivity index (χ1) is 16.2. The molecule has 9 nitrogen and oxygen atoms in total. The third kappa shape index (κ3) is 4.26. The Labute approximate surface area is 196 Å².